The Labute approximate surface area is 121 Å². The van der Waals surface area contributed by atoms with Crippen molar-refractivity contribution in [1.29, 1.82) is 0 Å². The van der Waals surface area contributed by atoms with Gasteiger partial charge in [0.15, 0.2) is 0 Å². The fraction of sp³-hybridized carbons (Fsp3) is 0.385. The largest absolute Gasteiger partial charge is 0.480 e. The Balaban J connectivity index is 1.97. The summed E-state index contributed by atoms with van der Waals surface area (Å²) in [4.78, 5) is 24.6. The number of nitrogens with one attached hydrogen (secondary N) is 1. The number of amides is 1. The lowest BCUT2D eigenvalue weighted by atomic mass is 10.2. The molecule has 1 amide bonds. The number of carboxylic acids is 1. The van der Waals surface area contributed by atoms with Crippen LogP contribution in [0, 0.1) is 0 Å². The van der Waals surface area contributed by atoms with Crippen LogP contribution in [-0.4, -0.2) is 41.0 Å². The summed E-state index contributed by atoms with van der Waals surface area (Å²) in [6.07, 6.45) is 1.36. The lowest BCUT2D eigenvalue weighted by molar-refractivity contribution is -0.142. The van der Waals surface area contributed by atoms with Gasteiger partial charge in [-0.3, -0.25) is 14.5 Å². The molecule has 20 heavy (non-hydrogen) atoms. The number of likely N-dealkylation sites (tertiary alicyclic amines) is 1. The maximum atomic E-state index is 11.9. The van der Waals surface area contributed by atoms with E-state index in [2.05, 4.69) is 5.32 Å². The molecule has 4 N–H and O–H groups in total. The minimum absolute atomic E-state index is 0.0394. The molecular weight excluding hydrogens is 282 g/mol. The number of carboxylic acid groups (broad SMARTS) is 1. The predicted octanol–water partition coefficient (Wildman–Crippen LogP) is 1.41. The van der Waals surface area contributed by atoms with E-state index in [1.165, 1.54) is 0 Å². The normalized spacial score (nSPS) is 18.9. The van der Waals surface area contributed by atoms with Crippen LogP contribution in [0.25, 0.3) is 0 Å². The molecule has 2 rings (SSSR count). The van der Waals surface area contributed by atoms with Crippen molar-refractivity contribution < 1.29 is 14.7 Å². The second-order valence-corrected chi connectivity index (χ2v) is 5.16. The number of aliphatic carboxylic acids is 1. The molecule has 108 valence electrons. The zero-order valence-electron chi connectivity index (χ0n) is 10.8. The molecule has 0 spiro atoms. The molecule has 0 aromatic heterocycles. The topological polar surface area (TPSA) is 95.7 Å². The molecule has 1 heterocycles. The van der Waals surface area contributed by atoms with Crippen molar-refractivity contribution in [3.8, 4) is 0 Å². The fourth-order valence-electron chi connectivity index (χ4n) is 2.30. The fourth-order valence-corrected chi connectivity index (χ4v) is 2.54. The Hall–Kier alpha value is -1.79. The van der Waals surface area contributed by atoms with E-state index in [9.17, 15) is 9.59 Å². The van der Waals surface area contributed by atoms with Gasteiger partial charge in [0.2, 0.25) is 5.91 Å². The molecule has 1 atom stereocenters. The minimum atomic E-state index is -0.888. The standard InChI is InChI=1S/C13H16ClN3O3/c14-9-6-8(15)3-4-10(9)16-12(18)7-17-5-1-2-11(17)13(19)20/h3-4,6,11H,1-2,5,7,15H2,(H,16,18)(H,19,20). The first-order valence-electron chi connectivity index (χ1n) is 6.29. The zero-order chi connectivity index (χ0) is 14.7. The molecule has 6 nitrogen and oxygen atoms in total. The molecule has 1 unspecified atom stereocenters. The lowest BCUT2D eigenvalue weighted by Crippen LogP contribution is -2.40. The van der Waals surface area contributed by atoms with Gasteiger partial charge in [0.1, 0.15) is 6.04 Å². The maximum Gasteiger partial charge on any atom is 0.320 e. The van der Waals surface area contributed by atoms with Gasteiger partial charge in [0, 0.05) is 5.69 Å². The summed E-state index contributed by atoms with van der Waals surface area (Å²) >= 11 is 5.97. The Kier molecular flexibility index (Phi) is 4.46. The van der Waals surface area contributed by atoms with Gasteiger partial charge in [-0.2, -0.15) is 0 Å². The molecular formula is C13H16ClN3O3. The van der Waals surface area contributed by atoms with E-state index >= 15 is 0 Å². The van der Waals surface area contributed by atoms with E-state index in [1.54, 1.807) is 23.1 Å². The van der Waals surface area contributed by atoms with Crippen molar-refractivity contribution in [3.63, 3.8) is 0 Å². The quantitative estimate of drug-likeness (QED) is 0.730. The molecule has 1 aromatic rings. The van der Waals surface area contributed by atoms with Crippen LogP contribution in [-0.2, 0) is 9.59 Å². The van der Waals surface area contributed by atoms with Gasteiger partial charge in [-0.25, -0.2) is 0 Å². The number of carbonyl (C=O) groups is 2. The summed E-state index contributed by atoms with van der Waals surface area (Å²) in [6.45, 7) is 0.650. The van der Waals surface area contributed by atoms with Gasteiger partial charge in [-0.15, -0.1) is 0 Å². The molecule has 0 bridgehead atoms. The molecule has 0 radical (unpaired) electrons. The minimum Gasteiger partial charge on any atom is -0.480 e. The summed E-state index contributed by atoms with van der Waals surface area (Å²) < 4.78 is 0. The van der Waals surface area contributed by atoms with E-state index in [-0.39, 0.29) is 12.5 Å². The number of halogens is 1. The van der Waals surface area contributed by atoms with E-state index in [1.807, 2.05) is 0 Å². The predicted molar refractivity (Wildman–Crippen MR) is 76.7 cm³/mol. The summed E-state index contributed by atoms with van der Waals surface area (Å²) in [5.41, 5.74) is 6.55. The van der Waals surface area contributed by atoms with Crippen LogP contribution >= 0.6 is 11.6 Å². The smallest absolute Gasteiger partial charge is 0.320 e. The number of rotatable bonds is 4. The third-order valence-electron chi connectivity index (χ3n) is 3.26. The van der Waals surface area contributed by atoms with Crippen molar-refractivity contribution in [3.05, 3.63) is 23.2 Å². The van der Waals surface area contributed by atoms with Crippen LogP contribution in [0.4, 0.5) is 11.4 Å². The Morgan fingerprint density at radius 1 is 1.50 bits per heavy atom. The van der Waals surface area contributed by atoms with E-state index in [4.69, 9.17) is 22.4 Å². The van der Waals surface area contributed by atoms with E-state index in [0.717, 1.165) is 6.42 Å². The number of carbonyl (C=O) groups excluding carboxylic acids is 1. The zero-order valence-corrected chi connectivity index (χ0v) is 11.6. The van der Waals surface area contributed by atoms with Gasteiger partial charge < -0.3 is 16.2 Å². The number of nitrogens with two attached hydrogens (primary N) is 1. The summed E-state index contributed by atoms with van der Waals surface area (Å²) in [7, 11) is 0. The van der Waals surface area contributed by atoms with Crippen molar-refractivity contribution in [1.82, 2.24) is 4.90 Å². The van der Waals surface area contributed by atoms with E-state index in [0.29, 0.717) is 29.4 Å². The van der Waals surface area contributed by atoms with Gasteiger partial charge in [-0.05, 0) is 37.6 Å². The second-order valence-electron chi connectivity index (χ2n) is 4.75. The number of hydrogen-bond acceptors (Lipinski definition) is 4. The highest BCUT2D eigenvalue weighted by Crippen LogP contribution is 2.24. The third kappa shape index (κ3) is 3.40. The van der Waals surface area contributed by atoms with Crippen molar-refractivity contribution in [2.45, 2.75) is 18.9 Å². The summed E-state index contributed by atoms with van der Waals surface area (Å²) in [5, 5.41) is 12.1. The number of nitrogens with zero attached hydrogens (tertiary/aromatic N) is 1. The van der Waals surface area contributed by atoms with Crippen LogP contribution in [0.1, 0.15) is 12.8 Å². The number of benzene rings is 1. The van der Waals surface area contributed by atoms with Gasteiger partial charge >= 0.3 is 5.97 Å². The highest BCUT2D eigenvalue weighted by atomic mass is 35.5. The average Bonchev–Trinajstić information content (AvgIpc) is 2.81. The summed E-state index contributed by atoms with van der Waals surface area (Å²) in [5.74, 6) is -1.18. The monoisotopic (exact) mass is 297 g/mol. The molecule has 1 saturated heterocycles. The van der Waals surface area contributed by atoms with Crippen LogP contribution in [0.5, 0.6) is 0 Å². The van der Waals surface area contributed by atoms with Gasteiger partial charge in [0.05, 0.1) is 17.3 Å². The number of anilines is 2. The molecule has 1 fully saturated rings. The van der Waals surface area contributed by atoms with Crippen molar-refractivity contribution in [2.75, 3.05) is 24.1 Å². The van der Waals surface area contributed by atoms with Crippen LogP contribution < -0.4 is 11.1 Å². The SMILES string of the molecule is Nc1ccc(NC(=O)CN2CCCC2C(=O)O)c(Cl)c1. The molecule has 0 saturated carbocycles. The highest BCUT2D eigenvalue weighted by molar-refractivity contribution is 6.34. The lowest BCUT2D eigenvalue weighted by Gasteiger charge is -2.20. The maximum absolute atomic E-state index is 11.9. The summed E-state index contributed by atoms with van der Waals surface area (Å²) in [6, 6.07) is 4.22. The molecule has 1 aliphatic rings. The Morgan fingerprint density at radius 3 is 2.90 bits per heavy atom. The average molecular weight is 298 g/mol. The molecule has 7 heteroatoms. The third-order valence-corrected chi connectivity index (χ3v) is 3.58. The highest BCUT2D eigenvalue weighted by Gasteiger charge is 2.31. The number of hydrogen-bond donors (Lipinski definition) is 3. The molecule has 1 aromatic carbocycles. The van der Waals surface area contributed by atoms with Crippen LogP contribution in [0.3, 0.4) is 0 Å². The number of nitrogen functional groups attached to an aromatic ring is 1. The second kappa shape index (κ2) is 6.11. The first-order valence-corrected chi connectivity index (χ1v) is 6.67. The first-order chi connectivity index (χ1) is 9.47. The van der Waals surface area contributed by atoms with Gasteiger partial charge in [0.25, 0.3) is 0 Å². The van der Waals surface area contributed by atoms with Gasteiger partial charge in [-0.1, -0.05) is 11.6 Å². The van der Waals surface area contributed by atoms with Crippen LogP contribution in [0.2, 0.25) is 5.02 Å². The Bertz CT molecular complexity index is 536. The molecule has 0 aliphatic carbocycles. The first kappa shape index (κ1) is 14.6. The van der Waals surface area contributed by atoms with Crippen LogP contribution in [0.15, 0.2) is 18.2 Å². The van der Waals surface area contributed by atoms with E-state index < -0.39 is 12.0 Å². The van der Waals surface area contributed by atoms with Crippen molar-refractivity contribution >= 4 is 34.9 Å². The van der Waals surface area contributed by atoms with Crippen molar-refractivity contribution in [2.24, 2.45) is 0 Å². The molecule has 1 aliphatic heterocycles. The Morgan fingerprint density at radius 2 is 2.25 bits per heavy atom.